The fourth-order valence-electron chi connectivity index (χ4n) is 3.84. The molecule has 0 aromatic carbocycles. The molecule has 2 aliphatic rings. The van der Waals surface area contributed by atoms with E-state index in [-0.39, 0.29) is 18.4 Å². The topological polar surface area (TPSA) is 43.9 Å². The van der Waals surface area contributed by atoms with Crippen LogP contribution in [0.3, 0.4) is 0 Å². The van der Waals surface area contributed by atoms with Crippen LogP contribution in [0.25, 0.3) is 0 Å². The zero-order chi connectivity index (χ0) is 16.4. The lowest BCUT2D eigenvalue weighted by Crippen LogP contribution is -2.55. The summed E-state index contributed by atoms with van der Waals surface area (Å²) in [5, 5.41) is 1.88. The highest BCUT2D eigenvalue weighted by Crippen LogP contribution is 2.29. The third-order valence-electron chi connectivity index (χ3n) is 5.15. The molecule has 2 aliphatic heterocycles. The number of thiophene rings is 1. The van der Waals surface area contributed by atoms with Gasteiger partial charge < -0.3 is 14.7 Å². The number of hydrogen-bond donors (Lipinski definition) is 0. The van der Waals surface area contributed by atoms with Gasteiger partial charge in [0.1, 0.15) is 0 Å². The molecular formula is C17H25N3O2S. The minimum atomic E-state index is -0.0689. The number of rotatable bonds is 3. The van der Waals surface area contributed by atoms with Crippen molar-refractivity contribution in [2.45, 2.75) is 25.3 Å². The number of nitrogens with zero attached hydrogens (tertiary/aromatic N) is 3. The fraction of sp³-hybridized carbons (Fsp3) is 0.647. The van der Waals surface area contributed by atoms with Crippen LogP contribution < -0.4 is 0 Å². The molecule has 23 heavy (non-hydrogen) atoms. The summed E-state index contributed by atoms with van der Waals surface area (Å²) >= 11 is 1.42. The summed E-state index contributed by atoms with van der Waals surface area (Å²) < 4.78 is 0. The smallest absolute Gasteiger partial charge is 0.264 e. The maximum atomic E-state index is 12.6. The molecule has 2 fully saturated rings. The molecule has 2 amide bonds. The molecule has 0 bridgehead atoms. The lowest BCUT2D eigenvalue weighted by atomic mass is 9.84. The van der Waals surface area contributed by atoms with Crippen LogP contribution in [0.4, 0.5) is 0 Å². The molecule has 1 aromatic rings. The number of carbonyl (C=O) groups excluding carboxylic acids is 2. The van der Waals surface area contributed by atoms with Crippen molar-refractivity contribution in [3.63, 3.8) is 0 Å². The highest BCUT2D eigenvalue weighted by Gasteiger charge is 2.36. The average molecular weight is 335 g/mol. The van der Waals surface area contributed by atoms with E-state index in [1.54, 1.807) is 13.1 Å². The number of amides is 2. The summed E-state index contributed by atoms with van der Waals surface area (Å²) in [7, 11) is 3.91. The van der Waals surface area contributed by atoms with Crippen LogP contribution >= 0.6 is 11.3 Å². The van der Waals surface area contributed by atoms with Gasteiger partial charge in [0.2, 0.25) is 5.91 Å². The van der Waals surface area contributed by atoms with E-state index >= 15 is 0 Å². The van der Waals surface area contributed by atoms with Gasteiger partial charge in [0.15, 0.2) is 0 Å². The first-order chi connectivity index (χ1) is 11.1. The Balaban J connectivity index is 1.55. The van der Waals surface area contributed by atoms with Crippen LogP contribution in [0.1, 0.15) is 28.9 Å². The van der Waals surface area contributed by atoms with E-state index in [0.717, 1.165) is 19.5 Å². The Bertz CT molecular complexity index is 560. The normalized spacial score (nSPS) is 25.0. The Labute approximate surface area is 141 Å². The second-order valence-electron chi connectivity index (χ2n) is 6.72. The zero-order valence-electron chi connectivity index (χ0n) is 13.9. The van der Waals surface area contributed by atoms with Crippen LogP contribution in [-0.2, 0) is 4.79 Å². The summed E-state index contributed by atoms with van der Waals surface area (Å²) in [6, 6.07) is 4.29. The third-order valence-corrected chi connectivity index (χ3v) is 6.01. The molecule has 3 rings (SSSR count). The Morgan fingerprint density at radius 1 is 1.35 bits per heavy atom. The molecule has 0 aliphatic carbocycles. The maximum absolute atomic E-state index is 12.6. The van der Waals surface area contributed by atoms with E-state index in [2.05, 4.69) is 11.9 Å². The summed E-state index contributed by atoms with van der Waals surface area (Å²) in [5.41, 5.74) is 0. The van der Waals surface area contributed by atoms with Crippen LogP contribution in [-0.4, -0.2) is 72.8 Å². The van der Waals surface area contributed by atoms with E-state index in [1.165, 1.54) is 35.6 Å². The van der Waals surface area contributed by atoms with Crippen molar-refractivity contribution >= 4 is 23.2 Å². The van der Waals surface area contributed by atoms with E-state index in [0.29, 0.717) is 16.8 Å². The number of carbonyl (C=O) groups is 2. The van der Waals surface area contributed by atoms with Gasteiger partial charge in [0.05, 0.1) is 11.4 Å². The van der Waals surface area contributed by atoms with Crippen molar-refractivity contribution in [1.29, 1.82) is 0 Å². The summed E-state index contributed by atoms with van der Waals surface area (Å²) in [6.45, 7) is 3.00. The summed E-state index contributed by atoms with van der Waals surface area (Å²) in [4.78, 5) is 31.4. The second-order valence-corrected chi connectivity index (χ2v) is 7.66. The zero-order valence-corrected chi connectivity index (χ0v) is 14.7. The van der Waals surface area contributed by atoms with Crippen LogP contribution in [0.15, 0.2) is 17.5 Å². The van der Waals surface area contributed by atoms with E-state index in [1.807, 2.05) is 16.3 Å². The first-order valence-corrected chi connectivity index (χ1v) is 9.21. The molecule has 6 heteroatoms. The molecule has 0 saturated carbocycles. The first-order valence-electron chi connectivity index (χ1n) is 8.33. The standard InChI is InChI=1S/C17H25N3O2S/c1-18-8-3-5-13-11-20(9-7-14(13)18)16(21)12-19(2)17(22)15-6-4-10-23-15/h4,6,10,13-14H,3,5,7-9,11-12H2,1-2H3/t13-,14-/m0/s1. The van der Waals surface area contributed by atoms with Gasteiger partial charge in [-0.2, -0.15) is 0 Å². The monoisotopic (exact) mass is 335 g/mol. The van der Waals surface area contributed by atoms with Crippen molar-refractivity contribution in [3.8, 4) is 0 Å². The number of fused-ring (bicyclic) bond motifs is 1. The molecule has 5 nitrogen and oxygen atoms in total. The lowest BCUT2D eigenvalue weighted by Gasteiger charge is -2.46. The summed E-state index contributed by atoms with van der Waals surface area (Å²) in [5.74, 6) is 0.592. The van der Waals surface area contributed by atoms with Crippen LogP contribution in [0, 0.1) is 5.92 Å². The number of likely N-dealkylation sites (tertiary alicyclic amines) is 2. The molecular weight excluding hydrogens is 310 g/mol. The molecule has 2 saturated heterocycles. The Morgan fingerprint density at radius 2 is 2.17 bits per heavy atom. The molecule has 0 spiro atoms. The van der Waals surface area contributed by atoms with Gasteiger partial charge in [-0.05, 0) is 50.2 Å². The number of piperidine rings is 2. The van der Waals surface area contributed by atoms with Gasteiger partial charge in [-0.25, -0.2) is 0 Å². The Morgan fingerprint density at radius 3 is 2.91 bits per heavy atom. The van der Waals surface area contributed by atoms with E-state index in [9.17, 15) is 9.59 Å². The molecule has 3 heterocycles. The van der Waals surface area contributed by atoms with Crippen molar-refractivity contribution in [2.24, 2.45) is 5.92 Å². The fourth-order valence-corrected chi connectivity index (χ4v) is 4.56. The second kappa shape index (κ2) is 7.01. The number of likely N-dealkylation sites (N-methyl/N-ethyl adjacent to an activating group) is 1. The Hall–Kier alpha value is -1.40. The first kappa shape index (κ1) is 16.5. The molecule has 1 aromatic heterocycles. The minimum absolute atomic E-state index is 0.0689. The van der Waals surface area contributed by atoms with Crippen molar-refractivity contribution < 1.29 is 9.59 Å². The Kier molecular flexibility index (Phi) is 5.02. The maximum Gasteiger partial charge on any atom is 0.264 e. The molecule has 126 valence electrons. The molecule has 2 atom stereocenters. The third kappa shape index (κ3) is 3.58. The van der Waals surface area contributed by atoms with Gasteiger partial charge in [0, 0.05) is 26.2 Å². The van der Waals surface area contributed by atoms with E-state index in [4.69, 9.17) is 0 Å². The van der Waals surface area contributed by atoms with Gasteiger partial charge in [-0.1, -0.05) is 6.07 Å². The highest BCUT2D eigenvalue weighted by molar-refractivity contribution is 7.12. The average Bonchev–Trinajstić information content (AvgIpc) is 3.08. The van der Waals surface area contributed by atoms with Crippen LogP contribution in [0.5, 0.6) is 0 Å². The molecule has 0 radical (unpaired) electrons. The van der Waals surface area contributed by atoms with Crippen molar-refractivity contribution in [2.75, 3.05) is 40.3 Å². The highest BCUT2D eigenvalue weighted by atomic mass is 32.1. The lowest BCUT2D eigenvalue weighted by molar-refractivity contribution is -0.135. The van der Waals surface area contributed by atoms with Crippen molar-refractivity contribution in [1.82, 2.24) is 14.7 Å². The molecule has 0 unspecified atom stereocenters. The minimum Gasteiger partial charge on any atom is -0.341 e. The van der Waals surface area contributed by atoms with Gasteiger partial charge in [-0.3, -0.25) is 9.59 Å². The largest absolute Gasteiger partial charge is 0.341 e. The number of hydrogen-bond acceptors (Lipinski definition) is 4. The van der Waals surface area contributed by atoms with Crippen molar-refractivity contribution in [3.05, 3.63) is 22.4 Å². The van der Waals surface area contributed by atoms with Crippen LogP contribution in [0.2, 0.25) is 0 Å². The SMILES string of the molecule is CN(CC(=O)N1CC[C@H]2[C@@H](CCCN2C)C1)C(=O)c1cccs1. The molecule has 0 N–H and O–H groups in total. The predicted molar refractivity (Wildman–Crippen MR) is 91.6 cm³/mol. The van der Waals surface area contributed by atoms with Gasteiger partial charge in [-0.15, -0.1) is 11.3 Å². The van der Waals surface area contributed by atoms with Gasteiger partial charge in [0.25, 0.3) is 5.91 Å². The predicted octanol–water partition coefficient (Wildman–Crippen LogP) is 1.76. The summed E-state index contributed by atoms with van der Waals surface area (Å²) in [6.07, 6.45) is 3.48. The van der Waals surface area contributed by atoms with Gasteiger partial charge >= 0.3 is 0 Å². The van der Waals surface area contributed by atoms with E-state index < -0.39 is 0 Å². The quantitative estimate of drug-likeness (QED) is 0.845.